The molecule has 0 atom stereocenters. The van der Waals surface area contributed by atoms with Gasteiger partial charge in [0, 0.05) is 0 Å². The highest BCUT2D eigenvalue weighted by Crippen LogP contribution is 2.12. The fraction of sp³-hybridized carbons (Fsp3) is 0.500. The first-order chi connectivity index (χ1) is 5.33. The summed E-state index contributed by atoms with van der Waals surface area (Å²) in [4.78, 5) is 0. The molecule has 0 aliphatic heterocycles. The quantitative estimate of drug-likeness (QED) is 0.388. The molecule has 0 fully saturated rings. The van der Waals surface area contributed by atoms with Gasteiger partial charge in [0.05, 0.1) is 0 Å². The summed E-state index contributed by atoms with van der Waals surface area (Å²) < 4.78 is 10.7. The molecule has 0 N–H and O–H groups in total. The predicted molar refractivity (Wildman–Crippen MR) is 57.5 cm³/mol. The second-order valence-electron chi connectivity index (χ2n) is 3.78. The molecular weight excluding hydrogens is 184 g/mol. The molecule has 0 rings (SSSR count). The Hall–Kier alpha value is -0.166. The lowest BCUT2D eigenvalue weighted by atomic mass is 11.3. The fourth-order valence-electron chi connectivity index (χ4n) is 0.283. The SMILES string of the molecule is C=C[Si](C)(C)OO[Si](C)(C)C=C. The van der Waals surface area contributed by atoms with Crippen LogP contribution in [0.3, 0.4) is 0 Å². The molecule has 0 aromatic carbocycles. The van der Waals surface area contributed by atoms with Crippen molar-refractivity contribution < 1.29 is 9.15 Å². The Balaban J connectivity index is 3.98. The Morgan fingerprint density at radius 1 is 0.833 bits per heavy atom. The topological polar surface area (TPSA) is 18.5 Å². The van der Waals surface area contributed by atoms with E-state index < -0.39 is 16.6 Å². The fourth-order valence-corrected chi connectivity index (χ4v) is 2.14. The second-order valence-corrected chi connectivity index (χ2v) is 11.3. The van der Waals surface area contributed by atoms with Gasteiger partial charge in [-0.05, 0) is 26.2 Å². The first kappa shape index (κ1) is 11.8. The molecule has 12 heavy (non-hydrogen) atoms. The van der Waals surface area contributed by atoms with Crippen molar-refractivity contribution >= 4 is 16.6 Å². The molecule has 0 saturated carbocycles. The van der Waals surface area contributed by atoms with Crippen molar-refractivity contribution in [1.29, 1.82) is 0 Å². The molecular formula is C8H18O2Si2. The van der Waals surface area contributed by atoms with E-state index in [0.717, 1.165) is 0 Å². The van der Waals surface area contributed by atoms with Crippen molar-refractivity contribution in [2.45, 2.75) is 26.2 Å². The van der Waals surface area contributed by atoms with Crippen molar-refractivity contribution in [3.63, 3.8) is 0 Å². The predicted octanol–water partition coefficient (Wildman–Crippen LogP) is 2.80. The molecule has 70 valence electrons. The summed E-state index contributed by atoms with van der Waals surface area (Å²) in [6.45, 7) is 15.6. The van der Waals surface area contributed by atoms with E-state index in [1.807, 2.05) is 37.6 Å². The molecule has 0 spiro atoms. The standard InChI is InChI=1S/C8H18O2Si2/c1-7-11(3,4)9-10-12(5,6)8-2/h7-8H,1-2H2,3-6H3. The van der Waals surface area contributed by atoms with Crippen LogP contribution in [-0.4, -0.2) is 16.6 Å². The summed E-state index contributed by atoms with van der Waals surface area (Å²) in [5, 5.41) is 0. The Bertz CT molecular complexity index is 156. The zero-order valence-electron chi connectivity index (χ0n) is 8.39. The van der Waals surface area contributed by atoms with Crippen molar-refractivity contribution in [1.82, 2.24) is 0 Å². The lowest BCUT2D eigenvalue weighted by molar-refractivity contribution is -0.120. The summed E-state index contributed by atoms with van der Waals surface area (Å²) in [6, 6.07) is 0. The Morgan fingerprint density at radius 2 is 1.08 bits per heavy atom. The smallest absolute Gasteiger partial charge is 0.254 e. The van der Waals surface area contributed by atoms with Crippen LogP contribution in [0.1, 0.15) is 0 Å². The van der Waals surface area contributed by atoms with Crippen LogP contribution in [0.4, 0.5) is 0 Å². The van der Waals surface area contributed by atoms with Gasteiger partial charge in [0.1, 0.15) is 0 Å². The number of hydrogen-bond donors (Lipinski definition) is 0. The van der Waals surface area contributed by atoms with E-state index in [9.17, 15) is 0 Å². The molecule has 0 aliphatic carbocycles. The Kier molecular flexibility index (Phi) is 4.12. The maximum Gasteiger partial charge on any atom is 0.254 e. The van der Waals surface area contributed by atoms with E-state index in [1.54, 1.807) is 0 Å². The molecule has 4 heteroatoms. The summed E-state index contributed by atoms with van der Waals surface area (Å²) in [7, 11) is -3.55. The van der Waals surface area contributed by atoms with Gasteiger partial charge in [0.15, 0.2) is 0 Å². The first-order valence-corrected chi connectivity index (χ1v) is 9.94. The van der Waals surface area contributed by atoms with E-state index in [1.165, 1.54) is 0 Å². The molecule has 0 saturated heterocycles. The number of rotatable bonds is 5. The van der Waals surface area contributed by atoms with E-state index >= 15 is 0 Å². The lowest BCUT2D eigenvalue weighted by Crippen LogP contribution is -2.36. The Labute approximate surface area is 77.1 Å². The molecule has 0 bridgehead atoms. The molecule has 0 aromatic rings. The second kappa shape index (κ2) is 4.18. The van der Waals surface area contributed by atoms with Crippen molar-refractivity contribution in [3.8, 4) is 0 Å². The van der Waals surface area contributed by atoms with Crippen LogP contribution in [-0.2, 0) is 9.15 Å². The third-order valence-corrected chi connectivity index (χ3v) is 4.61. The molecule has 0 amide bonds. The van der Waals surface area contributed by atoms with Crippen LogP contribution in [0.5, 0.6) is 0 Å². The molecule has 0 unspecified atom stereocenters. The van der Waals surface area contributed by atoms with Crippen molar-refractivity contribution in [2.24, 2.45) is 0 Å². The minimum Gasteiger partial charge on any atom is -0.293 e. The minimum atomic E-state index is -1.77. The maximum atomic E-state index is 5.35. The van der Waals surface area contributed by atoms with Gasteiger partial charge in [0.25, 0.3) is 16.6 Å². The van der Waals surface area contributed by atoms with Gasteiger partial charge < -0.3 is 0 Å². The number of hydrogen-bond acceptors (Lipinski definition) is 2. The van der Waals surface area contributed by atoms with Gasteiger partial charge in [-0.2, -0.15) is 0 Å². The maximum absolute atomic E-state index is 5.35. The van der Waals surface area contributed by atoms with Gasteiger partial charge in [-0.1, -0.05) is 11.4 Å². The molecule has 0 radical (unpaired) electrons. The van der Waals surface area contributed by atoms with Gasteiger partial charge in [-0.3, -0.25) is 9.15 Å². The Morgan fingerprint density at radius 3 is 1.25 bits per heavy atom. The van der Waals surface area contributed by atoms with E-state index in [-0.39, 0.29) is 0 Å². The van der Waals surface area contributed by atoms with Gasteiger partial charge in [-0.15, -0.1) is 13.2 Å². The van der Waals surface area contributed by atoms with Gasteiger partial charge in [-0.25, -0.2) is 0 Å². The monoisotopic (exact) mass is 202 g/mol. The highest BCUT2D eigenvalue weighted by Gasteiger charge is 2.26. The van der Waals surface area contributed by atoms with E-state index in [0.29, 0.717) is 0 Å². The average molecular weight is 202 g/mol. The van der Waals surface area contributed by atoms with Gasteiger partial charge >= 0.3 is 0 Å². The van der Waals surface area contributed by atoms with Crippen LogP contribution in [0.15, 0.2) is 24.6 Å². The third kappa shape index (κ3) is 4.66. The normalized spacial score (nSPS) is 12.7. The molecule has 0 aromatic heterocycles. The van der Waals surface area contributed by atoms with Crippen LogP contribution < -0.4 is 0 Å². The zero-order chi connectivity index (χ0) is 9.83. The highest BCUT2D eigenvalue weighted by atomic mass is 28.4. The average Bonchev–Trinajstić information content (AvgIpc) is 2.02. The lowest BCUT2D eigenvalue weighted by Gasteiger charge is -2.23. The first-order valence-electron chi connectivity index (χ1n) is 3.97. The van der Waals surface area contributed by atoms with Crippen molar-refractivity contribution in [3.05, 3.63) is 24.6 Å². The van der Waals surface area contributed by atoms with Crippen molar-refractivity contribution in [2.75, 3.05) is 0 Å². The van der Waals surface area contributed by atoms with Crippen LogP contribution in [0.2, 0.25) is 26.2 Å². The molecule has 0 aliphatic rings. The van der Waals surface area contributed by atoms with Crippen LogP contribution in [0, 0.1) is 0 Å². The van der Waals surface area contributed by atoms with Crippen LogP contribution in [0.25, 0.3) is 0 Å². The van der Waals surface area contributed by atoms with E-state index in [2.05, 4.69) is 13.2 Å². The summed E-state index contributed by atoms with van der Waals surface area (Å²) in [5.41, 5.74) is 3.70. The zero-order valence-corrected chi connectivity index (χ0v) is 10.4. The molecule has 2 nitrogen and oxygen atoms in total. The minimum absolute atomic E-state index is 1.77. The molecule has 0 heterocycles. The summed E-state index contributed by atoms with van der Waals surface area (Å²) in [6.07, 6.45) is 0. The largest absolute Gasteiger partial charge is 0.293 e. The highest BCUT2D eigenvalue weighted by molar-refractivity contribution is 6.78. The van der Waals surface area contributed by atoms with Crippen LogP contribution >= 0.6 is 0 Å². The van der Waals surface area contributed by atoms with Gasteiger partial charge in [0.2, 0.25) is 0 Å². The summed E-state index contributed by atoms with van der Waals surface area (Å²) in [5.74, 6) is 0. The van der Waals surface area contributed by atoms with E-state index in [4.69, 9.17) is 9.15 Å². The summed E-state index contributed by atoms with van der Waals surface area (Å²) >= 11 is 0. The third-order valence-electron chi connectivity index (χ3n) is 1.45.